The summed E-state index contributed by atoms with van der Waals surface area (Å²) in [6.45, 7) is 1.73. The van der Waals surface area contributed by atoms with Crippen LogP contribution in [-0.4, -0.2) is 22.1 Å². The lowest BCUT2D eigenvalue weighted by Crippen LogP contribution is -2.21. The Morgan fingerprint density at radius 3 is 2.79 bits per heavy atom. The molecule has 0 bridgehead atoms. The highest BCUT2D eigenvalue weighted by molar-refractivity contribution is 8.00. The van der Waals surface area contributed by atoms with Crippen molar-refractivity contribution in [3.63, 3.8) is 0 Å². The second kappa shape index (κ2) is 9.79. The van der Waals surface area contributed by atoms with Gasteiger partial charge in [0.1, 0.15) is 23.2 Å². The number of nitrogens with one attached hydrogen (secondary N) is 1. The zero-order chi connectivity index (χ0) is 23.4. The lowest BCUT2D eigenvalue weighted by atomic mass is 10.2. The molecule has 168 valence electrons. The summed E-state index contributed by atoms with van der Waals surface area (Å²) < 4.78 is 16.1. The first-order valence-electron chi connectivity index (χ1n) is 9.56. The van der Waals surface area contributed by atoms with Gasteiger partial charge in [0, 0.05) is 17.9 Å². The summed E-state index contributed by atoms with van der Waals surface area (Å²) in [6.07, 6.45) is 1.34. The lowest BCUT2D eigenvalue weighted by molar-refractivity contribution is -0.115. The second-order valence-electron chi connectivity index (χ2n) is 6.51. The second-order valence-corrected chi connectivity index (χ2v) is 8.71. The number of aromatic nitrogens is 2. The van der Waals surface area contributed by atoms with Gasteiger partial charge < -0.3 is 18.9 Å². The zero-order valence-corrected chi connectivity index (χ0v) is 18.7. The number of anilines is 1. The molecule has 3 aromatic heterocycles. The maximum absolute atomic E-state index is 12.4. The highest BCUT2D eigenvalue weighted by Gasteiger charge is 2.18. The molecule has 1 aromatic carbocycles. The number of hydrogen-bond acceptors (Lipinski definition) is 11. The molecule has 4 aromatic rings. The standard InChI is InChI=1S/C21H15N3O7S2/c1-2-17(26)22-20-23-24-21(33-20)32-10-12-8-14(25)16(9-29-12)31-19(28)13-7-11-5-3-4-6-15(11)30-18(13)27/h3-9H,2,10H2,1H3,(H,22,23,26). The highest BCUT2D eigenvalue weighted by atomic mass is 32.2. The van der Waals surface area contributed by atoms with Gasteiger partial charge in [-0.3, -0.25) is 9.59 Å². The number of rotatable bonds is 7. The molecule has 1 amide bonds. The van der Waals surface area contributed by atoms with Crippen LogP contribution in [-0.2, 0) is 10.5 Å². The van der Waals surface area contributed by atoms with Crippen LogP contribution in [0.1, 0.15) is 29.5 Å². The van der Waals surface area contributed by atoms with Crippen LogP contribution in [0.25, 0.3) is 11.0 Å². The van der Waals surface area contributed by atoms with Gasteiger partial charge in [-0.05, 0) is 12.1 Å². The van der Waals surface area contributed by atoms with Crippen LogP contribution in [0.4, 0.5) is 5.13 Å². The van der Waals surface area contributed by atoms with Crippen molar-refractivity contribution in [2.24, 2.45) is 0 Å². The van der Waals surface area contributed by atoms with Gasteiger partial charge in [0.05, 0.1) is 5.75 Å². The van der Waals surface area contributed by atoms with Crippen LogP contribution < -0.4 is 21.1 Å². The van der Waals surface area contributed by atoms with Gasteiger partial charge >= 0.3 is 11.6 Å². The van der Waals surface area contributed by atoms with E-state index in [0.29, 0.717) is 32.6 Å². The summed E-state index contributed by atoms with van der Waals surface area (Å²) in [6, 6.07) is 9.22. The largest absolute Gasteiger partial charge is 0.464 e. The van der Waals surface area contributed by atoms with Gasteiger partial charge in [0.2, 0.25) is 22.2 Å². The summed E-state index contributed by atoms with van der Waals surface area (Å²) >= 11 is 2.45. The number of esters is 1. The number of carbonyl (C=O) groups is 2. The van der Waals surface area contributed by atoms with Crippen LogP contribution in [0.3, 0.4) is 0 Å². The molecular formula is C21H15N3O7S2. The molecular weight excluding hydrogens is 470 g/mol. The van der Waals surface area contributed by atoms with Crippen LogP contribution in [0.15, 0.2) is 65.4 Å². The van der Waals surface area contributed by atoms with Crippen molar-refractivity contribution in [2.75, 3.05) is 5.32 Å². The Labute approximate surface area is 193 Å². The smallest absolute Gasteiger partial charge is 0.351 e. The number of amides is 1. The van der Waals surface area contributed by atoms with Gasteiger partial charge in [-0.25, -0.2) is 9.59 Å². The number of nitrogens with zero attached hydrogens (tertiary/aromatic N) is 2. The Kier molecular flexibility index (Phi) is 6.66. The third kappa shape index (κ3) is 5.35. The summed E-state index contributed by atoms with van der Waals surface area (Å²) in [5.41, 5.74) is -1.48. The van der Waals surface area contributed by atoms with E-state index in [-0.39, 0.29) is 23.0 Å². The molecule has 0 aliphatic carbocycles. The minimum atomic E-state index is -1.03. The van der Waals surface area contributed by atoms with Gasteiger partial charge in [0.25, 0.3) is 0 Å². The summed E-state index contributed by atoms with van der Waals surface area (Å²) in [5, 5.41) is 11.4. The van der Waals surface area contributed by atoms with Crippen LogP contribution in [0.5, 0.6) is 5.75 Å². The number of hydrogen-bond donors (Lipinski definition) is 1. The van der Waals surface area contributed by atoms with E-state index in [1.165, 1.54) is 35.2 Å². The first-order valence-corrected chi connectivity index (χ1v) is 11.4. The van der Waals surface area contributed by atoms with Gasteiger partial charge in [-0.2, -0.15) is 0 Å². The minimum absolute atomic E-state index is 0.166. The zero-order valence-electron chi connectivity index (χ0n) is 17.0. The molecule has 3 heterocycles. The van der Waals surface area contributed by atoms with E-state index < -0.39 is 17.0 Å². The van der Waals surface area contributed by atoms with Crippen LogP contribution >= 0.6 is 23.1 Å². The molecule has 0 aliphatic heterocycles. The van der Waals surface area contributed by atoms with E-state index in [1.807, 2.05) is 0 Å². The van der Waals surface area contributed by atoms with Crippen LogP contribution in [0, 0.1) is 0 Å². The number of benzene rings is 1. The molecule has 0 radical (unpaired) electrons. The van der Waals surface area contributed by atoms with Crippen molar-refractivity contribution >= 4 is 51.1 Å². The molecule has 0 saturated carbocycles. The Morgan fingerprint density at radius 2 is 2.00 bits per heavy atom. The van der Waals surface area contributed by atoms with Crippen molar-refractivity contribution < 1.29 is 23.2 Å². The van der Waals surface area contributed by atoms with E-state index in [1.54, 1.807) is 31.2 Å². The lowest BCUT2D eigenvalue weighted by Gasteiger charge is -2.04. The molecule has 0 atom stereocenters. The fraction of sp³-hybridized carbons (Fsp3) is 0.143. The molecule has 0 unspecified atom stereocenters. The number of carbonyl (C=O) groups excluding carboxylic acids is 2. The summed E-state index contributed by atoms with van der Waals surface area (Å²) in [5.74, 6) is -0.987. The maximum atomic E-state index is 12.4. The quantitative estimate of drug-likeness (QED) is 0.179. The number of ether oxygens (including phenoxy) is 1. The molecule has 10 nitrogen and oxygen atoms in total. The Balaban J connectivity index is 1.42. The summed E-state index contributed by atoms with van der Waals surface area (Å²) in [4.78, 5) is 48.3. The van der Waals surface area contributed by atoms with E-state index >= 15 is 0 Å². The van der Waals surface area contributed by atoms with Crippen LogP contribution in [0.2, 0.25) is 0 Å². The van der Waals surface area contributed by atoms with Crippen molar-refractivity contribution in [1.29, 1.82) is 0 Å². The highest BCUT2D eigenvalue weighted by Crippen LogP contribution is 2.28. The van der Waals surface area contributed by atoms with Gasteiger partial charge in [-0.15, -0.1) is 10.2 Å². The Bertz CT molecular complexity index is 1460. The summed E-state index contributed by atoms with van der Waals surface area (Å²) in [7, 11) is 0. The van der Waals surface area contributed by atoms with Crippen molar-refractivity contribution in [2.45, 2.75) is 23.4 Å². The molecule has 4 rings (SSSR count). The topological polar surface area (TPSA) is 142 Å². The number of fused-ring (bicyclic) bond motifs is 1. The SMILES string of the molecule is CCC(=O)Nc1nnc(SCc2cc(=O)c(OC(=O)c3cc4ccccc4oc3=O)co2)s1. The fourth-order valence-corrected chi connectivity index (χ4v) is 4.27. The van der Waals surface area contributed by atoms with Crippen molar-refractivity contribution in [1.82, 2.24) is 10.2 Å². The third-order valence-electron chi connectivity index (χ3n) is 4.23. The molecule has 33 heavy (non-hydrogen) atoms. The predicted octanol–water partition coefficient (Wildman–Crippen LogP) is 3.46. The minimum Gasteiger partial charge on any atom is -0.464 e. The van der Waals surface area contributed by atoms with Crippen molar-refractivity contribution in [3.8, 4) is 5.75 Å². The number of para-hydroxylation sites is 1. The fourth-order valence-electron chi connectivity index (χ4n) is 2.61. The monoisotopic (exact) mass is 485 g/mol. The average Bonchev–Trinajstić information content (AvgIpc) is 3.25. The van der Waals surface area contributed by atoms with Crippen molar-refractivity contribution in [3.05, 3.63) is 74.6 Å². The van der Waals surface area contributed by atoms with E-state index in [9.17, 15) is 19.2 Å². The first-order chi connectivity index (χ1) is 15.9. The Morgan fingerprint density at radius 1 is 1.18 bits per heavy atom. The molecule has 0 fully saturated rings. The first kappa shape index (κ1) is 22.4. The predicted molar refractivity (Wildman–Crippen MR) is 121 cm³/mol. The molecule has 12 heteroatoms. The molecule has 0 aliphatic rings. The maximum Gasteiger partial charge on any atom is 0.351 e. The molecule has 0 saturated heterocycles. The van der Waals surface area contributed by atoms with E-state index in [0.717, 1.165) is 6.26 Å². The van der Waals surface area contributed by atoms with Gasteiger partial charge in [0.15, 0.2) is 4.34 Å². The van der Waals surface area contributed by atoms with Gasteiger partial charge in [-0.1, -0.05) is 48.2 Å². The normalized spacial score (nSPS) is 10.8. The number of thioether (sulfide) groups is 1. The average molecular weight is 485 g/mol. The van der Waals surface area contributed by atoms with E-state index in [4.69, 9.17) is 13.6 Å². The Hall–Kier alpha value is -3.77. The van der Waals surface area contributed by atoms with E-state index in [2.05, 4.69) is 15.5 Å². The molecule has 0 spiro atoms. The third-order valence-corrected chi connectivity index (χ3v) is 6.22. The molecule has 1 N–H and O–H groups in total.